The first kappa shape index (κ1) is 29.2. The molecule has 3 aromatic carbocycles. The second kappa shape index (κ2) is 14.0. The van der Waals surface area contributed by atoms with Crippen LogP contribution in [0.1, 0.15) is 11.1 Å². The first-order valence-corrected chi connectivity index (χ1v) is 13.3. The molecule has 0 aromatic heterocycles. The molecule has 3 rings (SSSR count). The molecule has 3 aromatic rings. The van der Waals surface area contributed by atoms with Gasteiger partial charge in [0.1, 0.15) is 5.75 Å². The largest absolute Gasteiger partial charge is 1.00 e. The summed E-state index contributed by atoms with van der Waals surface area (Å²) in [6, 6.07) is 22.5. The topological polar surface area (TPSA) is 20.2 Å². The van der Waals surface area contributed by atoms with Crippen molar-refractivity contribution in [1.82, 2.24) is 0 Å². The number of halogens is 2. The van der Waals surface area contributed by atoms with E-state index in [2.05, 4.69) is 54.8 Å². The Morgan fingerprint density at radius 3 is 1.75 bits per heavy atom. The number of benzene rings is 2. The Morgan fingerprint density at radius 1 is 0.857 bits per heavy atom. The smallest absolute Gasteiger partial charge is 1.00 e. The zero-order valence-electron chi connectivity index (χ0n) is 17.3. The van der Waals surface area contributed by atoms with Gasteiger partial charge in [-0.1, -0.05) is 56.0 Å². The van der Waals surface area contributed by atoms with Crippen molar-refractivity contribution in [2.45, 2.75) is 33.5 Å². The van der Waals surface area contributed by atoms with E-state index in [0.29, 0.717) is 5.75 Å². The minimum absolute atomic E-state index is 0. The predicted molar refractivity (Wildman–Crippen MR) is 115 cm³/mol. The van der Waals surface area contributed by atoms with Gasteiger partial charge in [0.15, 0.2) is 0 Å². The summed E-state index contributed by atoms with van der Waals surface area (Å²) in [4.78, 5) is 3.25. The summed E-state index contributed by atoms with van der Waals surface area (Å²) in [5.74, 6) is 0.360. The van der Waals surface area contributed by atoms with Gasteiger partial charge in [0, 0.05) is 13.6 Å². The van der Waals surface area contributed by atoms with E-state index < -0.39 is 8.07 Å². The van der Waals surface area contributed by atoms with Crippen LogP contribution in [0.25, 0.3) is 11.1 Å². The molecule has 0 amide bonds. The quantitative estimate of drug-likeness (QED) is 0.401. The van der Waals surface area contributed by atoms with Crippen molar-refractivity contribution in [3.05, 3.63) is 77.9 Å². The standard InChI is InChI=1S/C14H14O.C8H13Si.CH2.2ClH.Ti/c1-10-8-11(2)14(13(15)9-10)12-6-4-3-5-7-12;1-9(2,3)8-6-4-5-7-8;;;;/h3-9,15H,1-2H3;4-7H,1-3H3;1H2;2*1H;/q;-1;;;;+2/p-2. The molecule has 0 aliphatic carbocycles. The zero-order valence-corrected chi connectivity index (χ0v) is 21.3. The minimum atomic E-state index is -0.981. The van der Waals surface area contributed by atoms with Gasteiger partial charge in [0.05, 0.1) is 0 Å². The normalized spacial score (nSPS) is 9.54. The SMILES string of the molecule is C[Si](C)(C)[c-]1cccc1.Cc1cc(C)c(-c2ccccc2)c(O)c1.[CH2]=[Ti+2].[Cl-].[Cl-]. The molecule has 0 radical (unpaired) electrons. The summed E-state index contributed by atoms with van der Waals surface area (Å²) >= 11 is 1.75. The fourth-order valence-electron chi connectivity index (χ4n) is 2.80. The van der Waals surface area contributed by atoms with Gasteiger partial charge in [0.2, 0.25) is 0 Å². The van der Waals surface area contributed by atoms with Crippen LogP contribution in [0, 0.1) is 13.8 Å². The van der Waals surface area contributed by atoms with Gasteiger partial charge in [-0.15, -0.1) is 0 Å². The molecule has 0 atom stereocenters. The van der Waals surface area contributed by atoms with Gasteiger partial charge in [-0.3, -0.25) is 0 Å². The number of aryl methyl sites for hydroxylation is 2. The summed E-state index contributed by atoms with van der Waals surface area (Å²) < 4.78 is 0. The van der Waals surface area contributed by atoms with Crippen LogP contribution >= 0.6 is 0 Å². The van der Waals surface area contributed by atoms with E-state index in [1.54, 1.807) is 31.2 Å². The van der Waals surface area contributed by atoms with Crippen molar-refractivity contribution in [2.24, 2.45) is 0 Å². The van der Waals surface area contributed by atoms with Gasteiger partial charge >= 0.3 is 24.8 Å². The maximum Gasteiger partial charge on any atom is -1.00 e. The Bertz CT molecular complexity index is 774. The second-order valence-corrected chi connectivity index (χ2v) is 12.3. The minimum Gasteiger partial charge on any atom is -1.00 e. The van der Waals surface area contributed by atoms with Crippen LogP contribution in [0.5, 0.6) is 5.75 Å². The second-order valence-electron chi connectivity index (χ2n) is 7.27. The summed E-state index contributed by atoms with van der Waals surface area (Å²) in [7, 11) is -0.981. The molecular formula is C23H29Cl2OSiTi-. The molecule has 0 aliphatic heterocycles. The van der Waals surface area contributed by atoms with Gasteiger partial charge in [-0.05, 0) is 36.6 Å². The molecule has 0 fully saturated rings. The molecular weight excluding hydrogens is 439 g/mol. The van der Waals surface area contributed by atoms with E-state index in [4.69, 9.17) is 0 Å². The van der Waals surface area contributed by atoms with Crippen LogP contribution in [0.3, 0.4) is 0 Å². The van der Waals surface area contributed by atoms with Crippen LogP contribution in [0.4, 0.5) is 0 Å². The zero-order chi connectivity index (χ0) is 19.7. The van der Waals surface area contributed by atoms with Crippen molar-refractivity contribution in [1.29, 1.82) is 0 Å². The molecule has 0 aliphatic rings. The van der Waals surface area contributed by atoms with E-state index >= 15 is 0 Å². The molecule has 5 heteroatoms. The van der Waals surface area contributed by atoms with Crippen LogP contribution < -0.4 is 30.0 Å². The van der Waals surface area contributed by atoms with E-state index in [9.17, 15) is 5.11 Å². The molecule has 0 spiro atoms. The van der Waals surface area contributed by atoms with Gasteiger partial charge in [0.25, 0.3) is 0 Å². The third-order valence-corrected chi connectivity index (χ3v) is 6.12. The number of phenols is 1. The van der Waals surface area contributed by atoms with Crippen molar-refractivity contribution >= 4 is 18.1 Å². The average molecular weight is 468 g/mol. The molecule has 1 N–H and O–H groups in total. The van der Waals surface area contributed by atoms with Crippen molar-refractivity contribution in [3.8, 4) is 16.9 Å². The van der Waals surface area contributed by atoms with Crippen LogP contribution in [-0.2, 0) is 20.0 Å². The first-order chi connectivity index (χ1) is 12.3. The monoisotopic (exact) mass is 467 g/mol. The third kappa shape index (κ3) is 8.98. The van der Waals surface area contributed by atoms with Crippen LogP contribution in [0.15, 0.2) is 66.7 Å². The van der Waals surface area contributed by atoms with Crippen molar-refractivity contribution in [2.75, 3.05) is 0 Å². The molecule has 0 saturated carbocycles. The van der Waals surface area contributed by atoms with Gasteiger partial charge in [-0.25, -0.2) is 12.1 Å². The van der Waals surface area contributed by atoms with Crippen molar-refractivity contribution in [3.63, 3.8) is 0 Å². The number of rotatable bonds is 2. The predicted octanol–water partition coefficient (Wildman–Crippen LogP) is -0.400. The Balaban J connectivity index is 0. The molecule has 28 heavy (non-hydrogen) atoms. The van der Waals surface area contributed by atoms with Gasteiger partial charge in [-0.2, -0.15) is 17.3 Å². The summed E-state index contributed by atoms with van der Waals surface area (Å²) in [6.07, 6.45) is 0. The number of phenolic OH excluding ortho intramolecular Hbond substituents is 1. The maximum atomic E-state index is 9.93. The molecule has 0 heterocycles. The molecule has 0 bridgehead atoms. The summed E-state index contributed by atoms with van der Waals surface area (Å²) in [6.45, 7) is 11.1. The Hall–Kier alpha value is -1.03. The van der Waals surface area contributed by atoms with Gasteiger partial charge < -0.3 is 29.9 Å². The fourth-order valence-corrected chi connectivity index (χ4v) is 3.99. The molecule has 150 valence electrons. The van der Waals surface area contributed by atoms with Crippen LogP contribution in [-0.4, -0.2) is 18.0 Å². The van der Waals surface area contributed by atoms with E-state index in [0.717, 1.165) is 22.3 Å². The van der Waals surface area contributed by atoms with E-state index in [-0.39, 0.29) is 24.8 Å². The number of hydrogen-bond donors (Lipinski definition) is 1. The first-order valence-electron chi connectivity index (χ1n) is 8.72. The Kier molecular flexibility index (Phi) is 14.6. The molecule has 0 saturated heterocycles. The summed E-state index contributed by atoms with van der Waals surface area (Å²) in [5.41, 5.74) is 4.19. The van der Waals surface area contributed by atoms with Crippen LogP contribution in [0.2, 0.25) is 19.6 Å². The molecule has 0 unspecified atom stereocenters. The summed E-state index contributed by atoms with van der Waals surface area (Å²) in [5, 5.41) is 11.5. The fraction of sp³-hybridized carbons (Fsp3) is 0.217. The Morgan fingerprint density at radius 2 is 1.36 bits per heavy atom. The number of aromatic hydroxyl groups is 1. The Labute approximate surface area is 195 Å². The third-order valence-electron chi connectivity index (χ3n) is 4.05. The maximum absolute atomic E-state index is 9.93. The van der Waals surface area contributed by atoms with E-state index in [1.807, 2.05) is 44.2 Å². The number of hydrogen-bond acceptors (Lipinski definition) is 1. The van der Waals surface area contributed by atoms with E-state index in [1.165, 1.54) is 0 Å². The average Bonchev–Trinajstić information content (AvgIpc) is 3.12. The van der Waals surface area contributed by atoms with Crippen molar-refractivity contribution < 1.29 is 49.9 Å². The molecule has 1 nitrogen and oxygen atoms in total.